The standard InChI is InChI=1S/C19H25N3O2S/c1-24-13-12-21-11-9-20-19(21)16-6-5-10-22(14-16)18(23)15-25-17-7-3-2-4-8-17/h2-4,7-9,11,16H,5-6,10,12-15H2,1H3/t16-/m0/s1. The van der Waals surface area contributed by atoms with E-state index in [1.807, 2.05) is 47.6 Å². The van der Waals surface area contributed by atoms with Gasteiger partial charge in [0.15, 0.2) is 0 Å². The van der Waals surface area contributed by atoms with E-state index in [0.717, 1.165) is 43.2 Å². The van der Waals surface area contributed by atoms with Crippen molar-refractivity contribution >= 4 is 17.7 Å². The average molecular weight is 359 g/mol. The fraction of sp³-hybridized carbons (Fsp3) is 0.474. The predicted octanol–water partition coefficient (Wildman–Crippen LogP) is 3.03. The molecule has 0 spiro atoms. The van der Waals surface area contributed by atoms with Gasteiger partial charge in [-0.3, -0.25) is 4.79 Å². The molecule has 1 amide bonds. The van der Waals surface area contributed by atoms with Crippen molar-refractivity contribution in [3.63, 3.8) is 0 Å². The molecule has 1 aromatic carbocycles. The second kappa shape index (κ2) is 9.06. The van der Waals surface area contributed by atoms with Crippen LogP contribution in [-0.2, 0) is 16.1 Å². The normalized spacial score (nSPS) is 17.6. The highest BCUT2D eigenvalue weighted by Crippen LogP contribution is 2.27. The summed E-state index contributed by atoms with van der Waals surface area (Å²) in [6, 6.07) is 10.1. The number of ether oxygens (including phenoxy) is 1. The zero-order valence-corrected chi connectivity index (χ0v) is 15.5. The van der Waals surface area contributed by atoms with Gasteiger partial charge in [-0.05, 0) is 25.0 Å². The number of likely N-dealkylation sites (tertiary alicyclic amines) is 1. The van der Waals surface area contributed by atoms with Crippen molar-refractivity contribution in [3.05, 3.63) is 48.5 Å². The third-order valence-electron chi connectivity index (χ3n) is 4.53. The Morgan fingerprint density at radius 2 is 2.20 bits per heavy atom. The number of hydrogen-bond acceptors (Lipinski definition) is 4. The van der Waals surface area contributed by atoms with E-state index in [2.05, 4.69) is 9.55 Å². The van der Waals surface area contributed by atoms with Crippen LogP contribution in [0.25, 0.3) is 0 Å². The van der Waals surface area contributed by atoms with Crippen molar-refractivity contribution in [2.75, 3.05) is 32.6 Å². The Labute approximate surface area is 153 Å². The van der Waals surface area contributed by atoms with Crippen molar-refractivity contribution in [3.8, 4) is 0 Å². The van der Waals surface area contributed by atoms with Gasteiger partial charge in [0, 0.05) is 50.0 Å². The number of aromatic nitrogens is 2. The third-order valence-corrected chi connectivity index (χ3v) is 5.53. The second-order valence-corrected chi connectivity index (χ2v) is 7.30. The molecule has 1 aliphatic heterocycles. The lowest BCUT2D eigenvalue weighted by atomic mass is 9.97. The van der Waals surface area contributed by atoms with Crippen LogP contribution in [0.15, 0.2) is 47.6 Å². The Morgan fingerprint density at radius 3 is 3.00 bits per heavy atom. The molecule has 0 N–H and O–H groups in total. The molecule has 2 aromatic rings. The van der Waals surface area contributed by atoms with Gasteiger partial charge in [-0.15, -0.1) is 11.8 Å². The van der Waals surface area contributed by atoms with E-state index in [9.17, 15) is 4.79 Å². The number of thioether (sulfide) groups is 1. The van der Waals surface area contributed by atoms with Gasteiger partial charge in [0.2, 0.25) is 5.91 Å². The first-order valence-electron chi connectivity index (χ1n) is 8.73. The van der Waals surface area contributed by atoms with Gasteiger partial charge in [0.05, 0.1) is 12.4 Å². The molecular weight excluding hydrogens is 334 g/mol. The van der Waals surface area contributed by atoms with Gasteiger partial charge < -0.3 is 14.2 Å². The van der Waals surface area contributed by atoms with E-state index in [1.54, 1.807) is 18.9 Å². The summed E-state index contributed by atoms with van der Waals surface area (Å²) in [5.41, 5.74) is 0. The summed E-state index contributed by atoms with van der Waals surface area (Å²) in [5.74, 6) is 2.10. The minimum atomic E-state index is 0.216. The Balaban J connectivity index is 1.57. The van der Waals surface area contributed by atoms with Gasteiger partial charge in [-0.2, -0.15) is 0 Å². The molecule has 0 aliphatic carbocycles. The van der Waals surface area contributed by atoms with Crippen LogP contribution in [0, 0.1) is 0 Å². The van der Waals surface area contributed by atoms with E-state index in [4.69, 9.17) is 4.74 Å². The summed E-state index contributed by atoms with van der Waals surface area (Å²) in [4.78, 5) is 20.3. The van der Waals surface area contributed by atoms with Crippen molar-refractivity contribution in [1.82, 2.24) is 14.5 Å². The first-order valence-corrected chi connectivity index (χ1v) is 9.72. The topological polar surface area (TPSA) is 47.4 Å². The maximum absolute atomic E-state index is 12.6. The summed E-state index contributed by atoms with van der Waals surface area (Å²) in [6.45, 7) is 3.09. The Bertz CT molecular complexity index is 674. The quantitative estimate of drug-likeness (QED) is 0.713. The van der Waals surface area contributed by atoms with E-state index in [1.165, 1.54) is 0 Å². The number of piperidine rings is 1. The zero-order valence-electron chi connectivity index (χ0n) is 14.6. The molecule has 1 saturated heterocycles. The summed E-state index contributed by atoms with van der Waals surface area (Å²) in [5, 5.41) is 0. The summed E-state index contributed by atoms with van der Waals surface area (Å²) >= 11 is 1.61. The molecule has 5 nitrogen and oxygen atoms in total. The molecular formula is C19H25N3O2S. The first kappa shape index (κ1) is 18.0. The highest BCUT2D eigenvalue weighted by Gasteiger charge is 2.27. The first-order chi connectivity index (χ1) is 12.3. The molecule has 0 unspecified atom stereocenters. The van der Waals surface area contributed by atoms with Gasteiger partial charge in [-0.25, -0.2) is 4.98 Å². The lowest BCUT2D eigenvalue weighted by Gasteiger charge is -2.32. The minimum absolute atomic E-state index is 0.216. The van der Waals surface area contributed by atoms with Gasteiger partial charge >= 0.3 is 0 Å². The average Bonchev–Trinajstić information content (AvgIpc) is 3.14. The number of methoxy groups -OCH3 is 1. The number of nitrogens with zero attached hydrogens (tertiary/aromatic N) is 3. The minimum Gasteiger partial charge on any atom is -0.383 e. The van der Waals surface area contributed by atoms with Gasteiger partial charge in [0.25, 0.3) is 0 Å². The Morgan fingerprint density at radius 1 is 1.36 bits per heavy atom. The third kappa shape index (κ3) is 4.86. The van der Waals surface area contributed by atoms with Crippen LogP contribution < -0.4 is 0 Å². The highest BCUT2D eigenvalue weighted by molar-refractivity contribution is 8.00. The molecule has 1 fully saturated rings. The number of carbonyl (C=O) groups is 1. The SMILES string of the molecule is COCCn1ccnc1[C@H]1CCCN(C(=O)CSc2ccccc2)C1. The fourth-order valence-corrected chi connectivity index (χ4v) is 4.05. The number of carbonyl (C=O) groups excluding carboxylic acids is 1. The van der Waals surface area contributed by atoms with E-state index >= 15 is 0 Å². The van der Waals surface area contributed by atoms with Crippen LogP contribution in [0.4, 0.5) is 0 Å². The number of amides is 1. The van der Waals surface area contributed by atoms with E-state index in [-0.39, 0.29) is 5.91 Å². The molecule has 6 heteroatoms. The van der Waals surface area contributed by atoms with E-state index in [0.29, 0.717) is 18.3 Å². The molecule has 1 aromatic heterocycles. The van der Waals surface area contributed by atoms with Crippen LogP contribution in [0.2, 0.25) is 0 Å². The van der Waals surface area contributed by atoms with Crippen molar-refractivity contribution < 1.29 is 9.53 Å². The lowest BCUT2D eigenvalue weighted by molar-refractivity contribution is -0.129. The van der Waals surface area contributed by atoms with Crippen LogP contribution in [0.1, 0.15) is 24.6 Å². The number of hydrogen-bond donors (Lipinski definition) is 0. The van der Waals surface area contributed by atoms with Crippen molar-refractivity contribution in [1.29, 1.82) is 0 Å². The Hall–Kier alpha value is -1.79. The Kier molecular flexibility index (Phi) is 6.53. The molecule has 3 rings (SSSR count). The smallest absolute Gasteiger partial charge is 0.232 e. The molecule has 0 saturated carbocycles. The summed E-state index contributed by atoms with van der Waals surface area (Å²) in [7, 11) is 1.71. The van der Waals surface area contributed by atoms with Crippen LogP contribution >= 0.6 is 11.8 Å². The molecule has 0 bridgehead atoms. The highest BCUT2D eigenvalue weighted by atomic mass is 32.2. The molecule has 134 valence electrons. The molecule has 2 heterocycles. The zero-order chi connectivity index (χ0) is 17.5. The second-order valence-electron chi connectivity index (χ2n) is 6.25. The molecule has 0 radical (unpaired) electrons. The fourth-order valence-electron chi connectivity index (χ4n) is 3.23. The van der Waals surface area contributed by atoms with Crippen LogP contribution in [-0.4, -0.2) is 52.9 Å². The van der Waals surface area contributed by atoms with Gasteiger partial charge in [0.1, 0.15) is 5.82 Å². The number of imidazole rings is 1. The number of rotatable bonds is 7. The molecule has 25 heavy (non-hydrogen) atoms. The number of benzene rings is 1. The lowest BCUT2D eigenvalue weighted by Crippen LogP contribution is -2.40. The van der Waals surface area contributed by atoms with Crippen LogP contribution in [0.3, 0.4) is 0 Å². The van der Waals surface area contributed by atoms with Crippen LogP contribution in [0.5, 0.6) is 0 Å². The largest absolute Gasteiger partial charge is 0.383 e. The maximum Gasteiger partial charge on any atom is 0.232 e. The van der Waals surface area contributed by atoms with Crippen molar-refractivity contribution in [2.24, 2.45) is 0 Å². The van der Waals surface area contributed by atoms with Crippen molar-refractivity contribution in [2.45, 2.75) is 30.2 Å². The summed E-state index contributed by atoms with van der Waals surface area (Å²) < 4.78 is 7.33. The molecule has 1 atom stereocenters. The maximum atomic E-state index is 12.6. The van der Waals surface area contributed by atoms with E-state index < -0.39 is 0 Å². The predicted molar refractivity (Wildman–Crippen MR) is 99.8 cm³/mol. The monoisotopic (exact) mass is 359 g/mol. The summed E-state index contributed by atoms with van der Waals surface area (Å²) in [6.07, 6.45) is 5.96. The molecule has 1 aliphatic rings. The van der Waals surface area contributed by atoms with Gasteiger partial charge in [-0.1, -0.05) is 18.2 Å².